The van der Waals surface area contributed by atoms with Crippen LogP contribution in [0.2, 0.25) is 0 Å². The summed E-state index contributed by atoms with van der Waals surface area (Å²) < 4.78 is 7.29. The number of amides is 1. The van der Waals surface area contributed by atoms with Gasteiger partial charge in [0.1, 0.15) is 0 Å². The third-order valence-electron chi connectivity index (χ3n) is 5.33. The SMILES string of the molecule is N[C@@H]1CCCN(c2ccccc2NC(=O)c2cnc(-n3ncc4ccccc43)o2)C1. The number of anilines is 2. The summed E-state index contributed by atoms with van der Waals surface area (Å²) in [5.74, 6) is -0.242. The summed E-state index contributed by atoms with van der Waals surface area (Å²) in [6.07, 6.45) is 5.21. The van der Waals surface area contributed by atoms with Crippen LogP contribution < -0.4 is 16.0 Å². The summed E-state index contributed by atoms with van der Waals surface area (Å²) in [6.45, 7) is 1.69. The van der Waals surface area contributed by atoms with Crippen molar-refractivity contribution in [3.05, 3.63) is 66.7 Å². The van der Waals surface area contributed by atoms with Crippen molar-refractivity contribution < 1.29 is 9.21 Å². The standard InChI is InChI=1S/C22H22N6O2/c23-16-7-5-11-27(14-16)19-10-4-2-8-17(19)26-21(29)20-13-24-22(30-20)28-18-9-3-1-6-15(18)12-25-28/h1-4,6,8-10,12-13,16H,5,7,11,14,23H2,(H,26,29)/t16-/m1/s1. The zero-order valence-corrected chi connectivity index (χ0v) is 16.4. The van der Waals surface area contributed by atoms with Crippen LogP contribution >= 0.6 is 0 Å². The zero-order chi connectivity index (χ0) is 20.5. The lowest BCUT2D eigenvalue weighted by molar-refractivity contribution is 0.0996. The quantitative estimate of drug-likeness (QED) is 0.543. The second kappa shape index (κ2) is 7.64. The van der Waals surface area contributed by atoms with Gasteiger partial charge in [-0.15, -0.1) is 0 Å². The number of rotatable bonds is 4. The van der Waals surface area contributed by atoms with Crippen LogP contribution in [-0.2, 0) is 0 Å². The molecule has 2 aromatic carbocycles. The number of nitrogens with two attached hydrogens (primary N) is 1. The highest BCUT2D eigenvalue weighted by atomic mass is 16.4. The number of oxazole rings is 1. The first kappa shape index (κ1) is 18.4. The topological polar surface area (TPSA) is 102 Å². The van der Waals surface area contributed by atoms with Crippen LogP contribution in [-0.4, -0.2) is 39.8 Å². The van der Waals surface area contributed by atoms with Crippen LogP contribution in [0.25, 0.3) is 16.9 Å². The lowest BCUT2D eigenvalue weighted by atomic mass is 10.1. The van der Waals surface area contributed by atoms with Gasteiger partial charge in [0.2, 0.25) is 5.76 Å². The number of hydrogen-bond donors (Lipinski definition) is 2. The van der Waals surface area contributed by atoms with Gasteiger partial charge in [-0.2, -0.15) is 14.8 Å². The van der Waals surface area contributed by atoms with E-state index in [0.29, 0.717) is 0 Å². The molecule has 30 heavy (non-hydrogen) atoms. The van der Waals surface area contributed by atoms with Crippen molar-refractivity contribution in [2.75, 3.05) is 23.3 Å². The van der Waals surface area contributed by atoms with Crippen LogP contribution in [0, 0.1) is 0 Å². The molecule has 8 heteroatoms. The molecule has 0 saturated carbocycles. The first-order valence-corrected chi connectivity index (χ1v) is 9.99. The normalized spacial score (nSPS) is 16.7. The van der Waals surface area contributed by atoms with E-state index >= 15 is 0 Å². The van der Waals surface area contributed by atoms with Gasteiger partial charge in [0, 0.05) is 24.5 Å². The third kappa shape index (κ3) is 3.42. The Morgan fingerprint density at radius 2 is 1.97 bits per heavy atom. The van der Waals surface area contributed by atoms with Gasteiger partial charge in [0.25, 0.3) is 5.91 Å². The fourth-order valence-electron chi connectivity index (χ4n) is 3.86. The number of carbonyl (C=O) groups excluding carboxylic acids is 1. The fourth-order valence-corrected chi connectivity index (χ4v) is 3.86. The van der Waals surface area contributed by atoms with Gasteiger partial charge in [-0.25, -0.2) is 0 Å². The maximum absolute atomic E-state index is 12.8. The largest absolute Gasteiger partial charge is 0.417 e. The maximum atomic E-state index is 12.8. The average Bonchev–Trinajstić information content (AvgIpc) is 3.41. The summed E-state index contributed by atoms with van der Waals surface area (Å²) in [5, 5.41) is 8.23. The number of para-hydroxylation sites is 3. The van der Waals surface area contributed by atoms with Crippen molar-refractivity contribution in [3.8, 4) is 6.01 Å². The highest BCUT2D eigenvalue weighted by molar-refractivity contribution is 6.04. The Morgan fingerprint density at radius 1 is 1.13 bits per heavy atom. The number of aromatic nitrogens is 3. The number of nitrogens with zero attached hydrogens (tertiary/aromatic N) is 4. The maximum Gasteiger partial charge on any atom is 0.324 e. The molecule has 152 valence electrons. The van der Waals surface area contributed by atoms with E-state index in [1.54, 1.807) is 10.9 Å². The predicted molar refractivity (Wildman–Crippen MR) is 115 cm³/mol. The Kier molecular flexibility index (Phi) is 4.68. The van der Waals surface area contributed by atoms with E-state index in [2.05, 4.69) is 20.3 Å². The van der Waals surface area contributed by atoms with E-state index in [4.69, 9.17) is 10.2 Å². The molecule has 0 bridgehead atoms. The molecular formula is C22H22N6O2. The van der Waals surface area contributed by atoms with Crippen molar-refractivity contribution in [2.24, 2.45) is 5.73 Å². The second-order valence-electron chi connectivity index (χ2n) is 7.44. The summed E-state index contributed by atoms with van der Waals surface area (Å²) in [7, 11) is 0. The number of piperidine rings is 1. The zero-order valence-electron chi connectivity index (χ0n) is 16.4. The molecule has 1 aliphatic heterocycles. The highest BCUT2D eigenvalue weighted by Crippen LogP contribution is 2.28. The monoisotopic (exact) mass is 402 g/mol. The number of hydrogen-bond acceptors (Lipinski definition) is 6. The molecule has 3 heterocycles. The molecule has 5 rings (SSSR count). The molecule has 0 radical (unpaired) electrons. The molecule has 1 amide bonds. The van der Waals surface area contributed by atoms with Gasteiger partial charge in [-0.1, -0.05) is 30.3 Å². The van der Waals surface area contributed by atoms with Gasteiger partial charge in [0.15, 0.2) is 0 Å². The van der Waals surface area contributed by atoms with E-state index in [0.717, 1.165) is 48.2 Å². The number of benzene rings is 2. The first-order valence-electron chi connectivity index (χ1n) is 9.99. The molecule has 8 nitrogen and oxygen atoms in total. The smallest absolute Gasteiger partial charge is 0.324 e. The van der Waals surface area contributed by atoms with Crippen molar-refractivity contribution in [2.45, 2.75) is 18.9 Å². The first-order chi connectivity index (χ1) is 14.7. The van der Waals surface area contributed by atoms with Crippen molar-refractivity contribution in [3.63, 3.8) is 0 Å². The van der Waals surface area contributed by atoms with Crippen LogP contribution in [0.5, 0.6) is 0 Å². The van der Waals surface area contributed by atoms with Gasteiger partial charge in [-0.05, 0) is 31.0 Å². The van der Waals surface area contributed by atoms with E-state index in [1.807, 2.05) is 48.5 Å². The Morgan fingerprint density at radius 3 is 2.87 bits per heavy atom. The minimum Gasteiger partial charge on any atom is -0.417 e. The van der Waals surface area contributed by atoms with Crippen molar-refractivity contribution >= 4 is 28.2 Å². The van der Waals surface area contributed by atoms with Crippen molar-refractivity contribution in [1.82, 2.24) is 14.8 Å². The third-order valence-corrected chi connectivity index (χ3v) is 5.33. The Balaban J connectivity index is 1.38. The molecular weight excluding hydrogens is 380 g/mol. The van der Waals surface area contributed by atoms with E-state index < -0.39 is 0 Å². The van der Waals surface area contributed by atoms with Gasteiger partial charge in [0.05, 0.1) is 29.3 Å². The summed E-state index contributed by atoms with van der Waals surface area (Å²) in [4.78, 5) is 19.3. The summed E-state index contributed by atoms with van der Waals surface area (Å²) in [5.41, 5.74) is 8.67. The van der Waals surface area contributed by atoms with E-state index in [9.17, 15) is 4.79 Å². The summed E-state index contributed by atoms with van der Waals surface area (Å²) >= 11 is 0. The second-order valence-corrected chi connectivity index (χ2v) is 7.44. The van der Waals surface area contributed by atoms with Crippen LogP contribution in [0.1, 0.15) is 23.4 Å². The van der Waals surface area contributed by atoms with E-state index in [1.165, 1.54) is 6.20 Å². The van der Waals surface area contributed by atoms with E-state index in [-0.39, 0.29) is 23.7 Å². The molecule has 4 aromatic rings. The molecule has 0 aliphatic carbocycles. The van der Waals surface area contributed by atoms with Crippen LogP contribution in [0.15, 0.2) is 65.3 Å². The van der Waals surface area contributed by atoms with Gasteiger partial charge < -0.3 is 20.4 Å². The molecule has 0 unspecified atom stereocenters. The number of carbonyl (C=O) groups is 1. The Bertz CT molecular complexity index is 1200. The predicted octanol–water partition coefficient (Wildman–Crippen LogP) is 3.19. The molecule has 1 aliphatic rings. The lowest BCUT2D eigenvalue weighted by Crippen LogP contribution is -2.43. The van der Waals surface area contributed by atoms with Crippen LogP contribution in [0.4, 0.5) is 11.4 Å². The highest BCUT2D eigenvalue weighted by Gasteiger charge is 2.21. The van der Waals surface area contributed by atoms with Gasteiger partial charge >= 0.3 is 6.01 Å². The minimum absolute atomic E-state index is 0.120. The molecule has 0 spiro atoms. The van der Waals surface area contributed by atoms with Gasteiger partial charge in [-0.3, -0.25) is 4.79 Å². The molecule has 3 N–H and O–H groups in total. The Hall–Kier alpha value is -3.65. The Labute approximate surface area is 173 Å². The minimum atomic E-state index is -0.362. The fraction of sp³-hybridized carbons (Fsp3) is 0.227. The van der Waals surface area contributed by atoms with Crippen molar-refractivity contribution in [1.29, 1.82) is 0 Å². The summed E-state index contributed by atoms with van der Waals surface area (Å²) in [6, 6.07) is 15.9. The molecule has 2 aromatic heterocycles. The number of nitrogens with one attached hydrogen (secondary N) is 1. The van der Waals surface area contributed by atoms with Crippen LogP contribution in [0.3, 0.4) is 0 Å². The molecule has 1 atom stereocenters. The lowest BCUT2D eigenvalue weighted by Gasteiger charge is -2.33. The number of fused-ring (bicyclic) bond motifs is 1. The average molecular weight is 402 g/mol. The molecule has 1 fully saturated rings. The molecule has 1 saturated heterocycles.